The van der Waals surface area contributed by atoms with E-state index in [0.29, 0.717) is 6.42 Å². The van der Waals surface area contributed by atoms with Crippen LogP contribution in [0.1, 0.15) is 18.9 Å². The number of fused-ring (bicyclic) bond motifs is 1. The highest BCUT2D eigenvalue weighted by Crippen LogP contribution is 2.29. The van der Waals surface area contributed by atoms with Gasteiger partial charge in [0.2, 0.25) is 0 Å². The maximum atomic E-state index is 11.3. The molecule has 0 amide bonds. The van der Waals surface area contributed by atoms with Gasteiger partial charge >= 0.3 is 5.97 Å². The number of nitrogens with zero attached hydrogens (tertiary/aromatic N) is 1. The van der Waals surface area contributed by atoms with Crippen LogP contribution in [-0.2, 0) is 16.0 Å². The second-order valence-corrected chi connectivity index (χ2v) is 5.15. The largest absolute Gasteiger partial charge is 0.469 e. The lowest BCUT2D eigenvalue weighted by Crippen LogP contribution is -2.33. The topological polar surface area (TPSA) is 29.5 Å². The highest BCUT2D eigenvalue weighted by Gasteiger charge is 2.21. The van der Waals surface area contributed by atoms with E-state index in [4.69, 9.17) is 4.74 Å². The number of hydrogen-bond donors (Lipinski definition) is 0. The number of carbonyl (C=O) groups excluding carboxylic acids is 1. The van der Waals surface area contributed by atoms with Gasteiger partial charge in [-0.25, -0.2) is 0 Å². The van der Waals surface area contributed by atoms with Crippen molar-refractivity contribution in [3.63, 3.8) is 0 Å². The van der Waals surface area contributed by atoms with Gasteiger partial charge in [0.25, 0.3) is 0 Å². The summed E-state index contributed by atoms with van der Waals surface area (Å²) in [4.78, 5) is 13.3. The standard InChI is InChI=1S/C14H14BrNO2/c1-10(8-14(17)18-2)16-7-3-4-11-5-6-12(15)9-13(11)16/h5-6,9-10H,4,8H2,1-2H3. The third kappa shape index (κ3) is 2.68. The fourth-order valence-electron chi connectivity index (χ4n) is 1.95. The minimum absolute atomic E-state index is 0.00157. The number of esters is 1. The minimum atomic E-state index is -0.216. The Bertz CT molecular complexity index is 530. The number of anilines is 1. The molecule has 1 aliphatic rings. The summed E-state index contributed by atoms with van der Waals surface area (Å²) < 4.78 is 5.71. The van der Waals surface area contributed by atoms with Crippen molar-refractivity contribution in [1.82, 2.24) is 0 Å². The van der Waals surface area contributed by atoms with Gasteiger partial charge in [0.05, 0.1) is 25.3 Å². The molecule has 0 saturated carbocycles. The van der Waals surface area contributed by atoms with E-state index >= 15 is 0 Å². The number of halogens is 1. The summed E-state index contributed by atoms with van der Waals surface area (Å²) in [5.74, 6) is 2.87. The van der Waals surface area contributed by atoms with Gasteiger partial charge in [-0.15, -0.1) is 0 Å². The van der Waals surface area contributed by atoms with Gasteiger partial charge in [-0.1, -0.05) is 27.9 Å². The zero-order valence-electron chi connectivity index (χ0n) is 10.4. The molecule has 0 radical (unpaired) electrons. The number of hydrogen-bond acceptors (Lipinski definition) is 3. The fraction of sp³-hybridized carbons (Fsp3) is 0.357. The van der Waals surface area contributed by atoms with Gasteiger partial charge in [-0.2, -0.15) is 0 Å². The Morgan fingerprint density at radius 2 is 2.39 bits per heavy atom. The van der Waals surface area contributed by atoms with Gasteiger partial charge in [0, 0.05) is 16.9 Å². The summed E-state index contributed by atoms with van der Waals surface area (Å²) in [5, 5.41) is 0. The molecule has 94 valence electrons. The van der Waals surface area contributed by atoms with Crippen LogP contribution in [0.2, 0.25) is 0 Å². The molecule has 0 saturated heterocycles. The summed E-state index contributed by atoms with van der Waals surface area (Å²) in [7, 11) is 1.40. The van der Waals surface area contributed by atoms with E-state index < -0.39 is 0 Å². The van der Waals surface area contributed by atoms with E-state index in [1.54, 1.807) is 0 Å². The molecule has 18 heavy (non-hydrogen) atoms. The summed E-state index contributed by atoms with van der Waals surface area (Å²) >= 11 is 3.47. The molecule has 1 aliphatic heterocycles. The number of carbonyl (C=O) groups is 1. The van der Waals surface area contributed by atoms with Crippen LogP contribution in [0.3, 0.4) is 0 Å². The van der Waals surface area contributed by atoms with E-state index in [9.17, 15) is 4.79 Å². The van der Waals surface area contributed by atoms with E-state index in [-0.39, 0.29) is 12.0 Å². The first kappa shape index (κ1) is 13.0. The maximum Gasteiger partial charge on any atom is 0.307 e. The van der Waals surface area contributed by atoms with Crippen LogP contribution in [0, 0.1) is 12.0 Å². The average Bonchev–Trinajstić information content (AvgIpc) is 2.37. The van der Waals surface area contributed by atoms with Crippen molar-refractivity contribution in [3.8, 4) is 12.0 Å². The van der Waals surface area contributed by atoms with Crippen LogP contribution < -0.4 is 4.90 Å². The van der Waals surface area contributed by atoms with E-state index in [2.05, 4.69) is 34.0 Å². The molecular formula is C14H14BrNO2. The van der Waals surface area contributed by atoms with E-state index in [1.165, 1.54) is 12.7 Å². The molecule has 4 heteroatoms. The molecule has 1 unspecified atom stereocenters. The maximum absolute atomic E-state index is 11.3. The first-order valence-electron chi connectivity index (χ1n) is 5.75. The molecule has 3 nitrogen and oxygen atoms in total. The highest BCUT2D eigenvalue weighted by molar-refractivity contribution is 9.10. The van der Waals surface area contributed by atoms with Gasteiger partial charge in [-0.05, 0) is 24.6 Å². The van der Waals surface area contributed by atoms with Crippen molar-refractivity contribution in [1.29, 1.82) is 0 Å². The average molecular weight is 308 g/mol. The minimum Gasteiger partial charge on any atom is -0.469 e. The Hall–Kier alpha value is -1.47. The second-order valence-electron chi connectivity index (χ2n) is 4.24. The summed E-state index contributed by atoms with van der Waals surface area (Å²) in [6, 6.07) is 9.19. The predicted molar refractivity (Wildman–Crippen MR) is 74.2 cm³/mol. The Morgan fingerprint density at radius 1 is 1.61 bits per heavy atom. The molecule has 0 aliphatic carbocycles. The first-order valence-corrected chi connectivity index (χ1v) is 6.54. The SMILES string of the molecule is COC(=O)CC(C)N1C#CCc2ccc(Br)cc21. The lowest BCUT2D eigenvalue weighted by Gasteiger charge is -2.28. The zero-order valence-corrected chi connectivity index (χ0v) is 12.0. The highest BCUT2D eigenvalue weighted by atomic mass is 79.9. The Balaban J connectivity index is 2.26. The Morgan fingerprint density at radius 3 is 3.11 bits per heavy atom. The Labute approximate surface area is 115 Å². The number of methoxy groups -OCH3 is 1. The number of benzene rings is 1. The van der Waals surface area contributed by atoms with Crippen molar-refractivity contribution >= 4 is 27.6 Å². The van der Waals surface area contributed by atoms with Crippen LogP contribution in [-0.4, -0.2) is 19.1 Å². The van der Waals surface area contributed by atoms with Gasteiger partial charge in [-0.3, -0.25) is 9.69 Å². The lowest BCUT2D eigenvalue weighted by atomic mass is 10.0. The summed E-state index contributed by atoms with van der Waals surface area (Å²) in [6.45, 7) is 1.97. The monoisotopic (exact) mass is 307 g/mol. The molecule has 1 atom stereocenters. The van der Waals surface area contributed by atoms with Gasteiger partial charge in [0.15, 0.2) is 0 Å². The summed E-state index contributed by atoms with van der Waals surface area (Å²) in [6.07, 6.45) is 1.08. The van der Waals surface area contributed by atoms with Crippen LogP contribution in [0.15, 0.2) is 22.7 Å². The van der Waals surface area contributed by atoms with Crippen LogP contribution >= 0.6 is 15.9 Å². The molecule has 1 heterocycles. The van der Waals surface area contributed by atoms with Crippen molar-refractivity contribution in [2.45, 2.75) is 25.8 Å². The van der Waals surface area contributed by atoms with E-state index in [0.717, 1.165) is 16.6 Å². The molecule has 1 aromatic carbocycles. The van der Waals surface area contributed by atoms with Crippen molar-refractivity contribution in [2.24, 2.45) is 0 Å². The summed E-state index contributed by atoms with van der Waals surface area (Å²) in [5.41, 5.74) is 2.26. The first-order chi connectivity index (χ1) is 8.61. The molecular weight excluding hydrogens is 294 g/mol. The van der Waals surface area contributed by atoms with Crippen LogP contribution in [0.25, 0.3) is 0 Å². The van der Waals surface area contributed by atoms with Crippen molar-refractivity contribution < 1.29 is 9.53 Å². The molecule has 0 fully saturated rings. The molecule has 0 spiro atoms. The number of ether oxygens (including phenoxy) is 1. The lowest BCUT2D eigenvalue weighted by molar-refractivity contribution is -0.140. The molecule has 0 bridgehead atoms. The molecule has 0 N–H and O–H groups in total. The quantitative estimate of drug-likeness (QED) is 0.635. The van der Waals surface area contributed by atoms with Crippen molar-refractivity contribution in [2.75, 3.05) is 12.0 Å². The third-order valence-corrected chi connectivity index (χ3v) is 3.41. The molecule has 2 rings (SSSR count). The second kappa shape index (κ2) is 5.45. The van der Waals surface area contributed by atoms with Crippen LogP contribution in [0.5, 0.6) is 0 Å². The van der Waals surface area contributed by atoms with Crippen molar-refractivity contribution in [3.05, 3.63) is 28.2 Å². The van der Waals surface area contributed by atoms with E-state index in [1.807, 2.05) is 24.0 Å². The molecule has 1 aromatic rings. The van der Waals surface area contributed by atoms with Crippen LogP contribution in [0.4, 0.5) is 5.69 Å². The van der Waals surface area contributed by atoms with Gasteiger partial charge in [0.1, 0.15) is 0 Å². The van der Waals surface area contributed by atoms with Gasteiger partial charge < -0.3 is 4.74 Å². The Kier molecular flexibility index (Phi) is 3.93. The normalized spacial score (nSPS) is 14.3. The zero-order chi connectivity index (χ0) is 13.1. The smallest absolute Gasteiger partial charge is 0.307 e. The third-order valence-electron chi connectivity index (χ3n) is 2.92. The molecule has 0 aromatic heterocycles. The fourth-order valence-corrected chi connectivity index (χ4v) is 2.30. The predicted octanol–water partition coefficient (Wildman–Crippen LogP) is 2.72. The number of rotatable bonds is 3.